The summed E-state index contributed by atoms with van der Waals surface area (Å²) in [6, 6.07) is 4.45. The lowest BCUT2D eigenvalue weighted by Gasteiger charge is -2.08. The second kappa shape index (κ2) is 5.17. The highest BCUT2D eigenvalue weighted by molar-refractivity contribution is 6.34. The van der Waals surface area contributed by atoms with Crippen molar-refractivity contribution in [2.45, 2.75) is 26.7 Å². The third kappa shape index (κ3) is 3.24. The molecular formula is C12H15ClO2. The van der Waals surface area contributed by atoms with Crippen LogP contribution in [0.25, 0.3) is 0 Å². The highest BCUT2D eigenvalue weighted by Crippen LogP contribution is 2.24. The normalized spacial score (nSPS) is 12.5. The number of ketones is 1. The van der Waals surface area contributed by atoms with Crippen LogP contribution in [0.3, 0.4) is 0 Å². The molecular weight excluding hydrogens is 212 g/mol. The SMILES string of the molecule is CCC(C)CC(=O)c1ccc(O)cc1Cl. The minimum absolute atomic E-state index is 0.0364. The molecule has 1 N–H and O–H groups in total. The van der Waals surface area contributed by atoms with E-state index in [4.69, 9.17) is 16.7 Å². The predicted molar refractivity (Wildman–Crippen MR) is 61.5 cm³/mol. The number of rotatable bonds is 4. The van der Waals surface area contributed by atoms with Crippen molar-refractivity contribution in [2.24, 2.45) is 5.92 Å². The zero-order valence-corrected chi connectivity index (χ0v) is 9.71. The van der Waals surface area contributed by atoms with Gasteiger partial charge in [-0.15, -0.1) is 0 Å². The lowest BCUT2D eigenvalue weighted by molar-refractivity contribution is 0.0964. The third-order valence-corrected chi connectivity index (χ3v) is 2.80. The van der Waals surface area contributed by atoms with Gasteiger partial charge in [-0.05, 0) is 24.1 Å². The molecule has 1 aromatic rings. The second-order valence-corrected chi connectivity index (χ2v) is 4.21. The predicted octanol–water partition coefficient (Wildman–Crippen LogP) is 3.66. The number of carbonyl (C=O) groups excluding carboxylic acids is 1. The van der Waals surface area contributed by atoms with Gasteiger partial charge in [-0.2, -0.15) is 0 Å². The summed E-state index contributed by atoms with van der Waals surface area (Å²) < 4.78 is 0. The van der Waals surface area contributed by atoms with Crippen LogP contribution in [-0.4, -0.2) is 10.9 Å². The van der Waals surface area contributed by atoms with Gasteiger partial charge in [0.1, 0.15) is 5.75 Å². The molecule has 3 heteroatoms. The lowest BCUT2D eigenvalue weighted by Crippen LogP contribution is -2.05. The maximum atomic E-state index is 11.8. The summed E-state index contributed by atoms with van der Waals surface area (Å²) in [7, 11) is 0. The molecule has 15 heavy (non-hydrogen) atoms. The van der Waals surface area contributed by atoms with Crippen LogP contribution in [0.1, 0.15) is 37.0 Å². The van der Waals surface area contributed by atoms with Gasteiger partial charge >= 0.3 is 0 Å². The van der Waals surface area contributed by atoms with Crippen LogP contribution in [0, 0.1) is 5.92 Å². The van der Waals surface area contributed by atoms with Crippen molar-refractivity contribution in [3.63, 3.8) is 0 Å². The van der Waals surface area contributed by atoms with Crippen molar-refractivity contribution < 1.29 is 9.90 Å². The van der Waals surface area contributed by atoms with Crippen LogP contribution in [-0.2, 0) is 0 Å². The first kappa shape index (κ1) is 12.1. The largest absolute Gasteiger partial charge is 0.508 e. The monoisotopic (exact) mass is 226 g/mol. The number of phenols is 1. The molecule has 0 radical (unpaired) electrons. The van der Waals surface area contributed by atoms with E-state index in [2.05, 4.69) is 6.92 Å². The fourth-order valence-electron chi connectivity index (χ4n) is 1.30. The summed E-state index contributed by atoms with van der Waals surface area (Å²) in [6.07, 6.45) is 1.47. The maximum absolute atomic E-state index is 11.8. The van der Waals surface area contributed by atoms with E-state index in [0.29, 0.717) is 22.9 Å². The molecule has 0 saturated heterocycles. The molecule has 0 saturated carbocycles. The average Bonchev–Trinajstić information content (AvgIpc) is 2.17. The molecule has 0 bridgehead atoms. The Balaban J connectivity index is 2.82. The molecule has 1 aromatic carbocycles. The van der Waals surface area contributed by atoms with Gasteiger partial charge in [-0.3, -0.25) is 4.79 Å². The summed E-state index contributed by atoms with van der Waals surface area (Å²) in [5.41, 5.74) is 0.495. The van der Waals surface area contributed by atoms with Gasteiger partial charge < -0.3 is 5.11 Å². The molecule has 0 aliphatic carbocycles. The summed E-state index contributed by atoms with van der Waals surface area (Å²) >= 11 is 5.87. The molecule has 0 fully saturated rings. The summed E-state index contributed by atoms with van der Waals surface area (Å²) in [5, 5.41) is 9.47. The maximum Gasteiger partial charge on any atom is 0.164 e. The van der Waals surface area contributed by atoms with Crippen LogP contribution in [0.4, 0.5) is 0 Å². The van der Waals surface area contributed by atoms with Crippen LogP contribution in [0.15, 0.2) is 18.2 Å². The Bertz CT molecular complexity index is 361. The first-order chi connectivity index (χ1) is 7.04. The highest BCUT2D eigenvalue weighted by Gasteiger charge is 2.13. The first-order valence-corrected chi connectivity index (χ1v) is 5.44. The first-order valence-electron chi connectivity index (χ1n) is 5.06. The lowest BCUT2D eigenvalue weighted by atomic mass is 9.98. The number of aromatic hydroxyl groups is 1. The van der Waals surface area contributed by atoms with Gasteiger partial charge in [0.25, 0.3) is 0 Å². The third-order valence-electron chi connectivity index (χ3n) is 2.48. The number of halogens is 1. The van der Waals surface area contributed by atoms with E-state index >= 15 is 0 Å². The highest BCUT2D eigenvalue weighted by atomic mass is 35.5. The van der Waals surface area contributed by atoms with Gasteiger partial charge in [0.2, 0.25) is 0 Å². The fraction of sp³-hybridized carbons (Fsp3) is 0.417. The molecule has 0 heterocycles. The van der Waals surface area contributed by atoms with Crippen molar-refractivity contribution in [1.29, 1.82) is 0 Å². The molecule has 0 aliphatic heterocycles. The molecule has 1 unspecified atom stereocenters. The molecule has 1 atom stereocenters. The Hall–Kier alpha value is -1.02. The van der Waals surface area contributed by atoms with E-state index in [-0.39, 0.29) is 11.5 Å². The Morgan fingerprint density at radius 2 is 2.20 bits per heavy atom. The zero-order chi connectivity index (χ0) is 11.4. The van der Waals surface area contributed by atoms with E-state index in [1.54, 1.807) is 6.07 Å². The number of benzene rings is 1. The van der Waals surface area contributed by atoms with Gasteiger partial charge in [-0.1, -0.05) is 31.9 Å². The zero-order valence-electron chi connectivity index (χ0n) is 8.96. The number of hydrogen-bond donors (Lipinski definition) is 1. The Kier molecular flexibility index (Phi) is 4.15. The molecule has 0 spiro atoms. The second-order valence-electron chi connectivity index (χ2n) is 3.80. The van der Waals surface area contributed by atoms with Crippen molar-refractivity contribution in [3.05, 3.63) is 28.8 Å². The topological polar surface area (TPSA) is 37.3 Å². The molecule has 0 aromatic heterocycles. The number of Topliss-reactive ketones (excluding diaryl/α,β-unsaturated/α-hetero) is 1. The minimum Gasteiger partial charge on any atom is -0.508 e. The van der Waals surface area contributed by atoms with Crippen molar-refractivity contribution >= 4 is 17.4 Å². The minimum atomic E-state index is 0.0364. The van der Waals surface area contributed by atoms with Crippen LogP contribution in [0.2, 0.25) is 5.02 Å². The fourth-order valence-corrected chi connectivity index (χ4v) is 1.58. The van der Waals surface area contributed by atoms with E-state index in [0.717, 1.165) is 6.42 Å². The number of phenolic OH excluding ortho intramolecular Hbond substituents is 1. The van der Waals surface area contributed by atoms with Gasteiger partial charge in [0, 0.05) is 12.0 Å². The van der Waals surface area contributed by atoms with Crippen LogP contribution >= 0.6 is 11.6 Å². The van der Waals surface area contributed by atoms with Gasteiger partial charge in [0.05, 0.1) is 5.02 Å². The van der Waals surface area contributed by atoms with E-state index < -0.39 is 0 Å². The van der Waals surface area contributed by atoms with Crippen molar-refractivity contribution in [2.75, 3.05) is 0 Å². The smallest absolute Gasteiger partial charge is 0.164 e. The summed E-state index contributed by atoms with van der Waals surface area (Å²) in [4.78, 5) is 11.8. The van der Waals surface area contributed by atoms with Crippen LogP contribution in [0.5, 0.6) is 5.75 Å². The molecule has 0 aliphatic rings. The molecule has 82 valence electrons. The molecule has 0 amide bonds. The van der Waals surface area contributed by atoms with Gasteiger partial charge in [-0.25, -0.2) is 0 Å². The van der Waals surface area contributed by atoms with E-state index in [9.17, 15) is 4.79 Å². The van der Waals surface area contributed by atoms with Gasteiger partial charge in [0.15, 0.2) is 5.78 Å². The molecule has 1 rings (SSSR count). The Morgan fingerprint density at radius 3 is 2.73 bits per heavy atom. The Morgan fingerprint density at radius 1 is 1.53 bits per heavy atom. The average molecular weight is 227 g/mol. The Labute approximate surface area is 94.9 Å². The number of hydrogen-bond acceptors (Lipinski definition) is 2. The van der Waals surface area contributed by atoms with E-state index in [1.807, 2.05) is 6.92 Å². The molecule has 2 nitrogen and oxygen atoms in total. The van der Waals surface area contributed by atoms with Crippen molar-refractivity contribution in [3.8, 4) is 5.75 Å². The quantitative estimate of drug-likeness (QED) is 0.796. The summed E-state index contributed by atoms with van der Waals surface area (Å²) in [6.45, 7) is 4.09. The van der Waals surface area contributed by atoms with E-state index in [1.165, 1.54) is 12.1 Å². The summed E-state index contributed by atoms with van der Waals surface area (Å²) in [5.74, 6) is 0.483. The standard InChI is InChI=1S/C12H15ClO2/c1-3-8(2)6-12(15)10-5-4-9(14)7-11(10)13/h4-5,7-8,14H,3,6H2,1-2H3. The van der Waals surface area contributed by atoms with Crippen LogP contribution < -0.4 is 0 Å². The number of carbonyl (C=O) groups is 1. The van der Waals surface area contributed by atoms with Crippen molar-refractivity contribution in [1.82, 2.24) is 0 Å².